The maximum Gasteiger partial charge on any atom is 0.269 e. The first-order valence-electron chi connectivity index (χ1n) is 5.99. The second-order valence-corrected chi connectivity index (χ2v) is 6.54. The van der Waals surface area contributed by atoms with Gasteiger partial charge in [0, 0.05) is 10.1 Å². The molecule has 0 saturated heterocycles. The maximum absolute atomic E-state index is 12.3. The van der Waals surface area contributed by atoms with Crippen LogP contribution in [0.4, 0.5) is 5.13 Å². The van der Waals surface area contributed by atoms with Crippen molar-refractivity contribution in [2.45, 2.75) is 13.3 Å². The smallest absolute Gasteiger partial charge is 0.269 e. The molecule has 4 nitrogen and oxygen atoms in total. The molecular formula is C13H10ClN3OS2. The van der Waals surface area contributed by atoms with Crippen molar-refractivity contribution in [2.24, 2.45) is 0 Å². The molecule has 0 saturated carbocycles. The maximum atomic E-state index is 12.3. The third-order valence-electron chi connectivity index (χ3n) is 2.73. The first-order chi connectivity index (χ1) is 9.69. The van der Waals surface area contributed by atoms with E-state index in [-0.39, 0.29) is 5.91 Å². The molecule has 7 heteroatoms. The number of thiophene rings is 1. The van der Waals surface area contributed by atoms with Gasteiger partial charge in [0.05, 0.1) is 5.02 Å². The topological polar surface area (TPSA) is 54.9 Å². The summed E-state index contributed by atoms with van der Waals surface area (Å²) >= 11 is 9.02. The van der Waals surface area contributed by atoms with Crippen LogP contribution in [0.15, 0.2) is 24.3 Å². The molecule has 0 aliphatic carbocycles. The summed E-state index contributed by atoms with van der Waals surface area (Å²) in [6.45, 7) is 2.00. The predicted molar refractivity (Wildman–Crippen MR) is 84.1 cm³/mol. The molecule has 0 spiro atoms. The molecule has 102 valence electrons. The van der Waals surface area contributed by atoms with Gasteiger partial charge in [-0.3, -0.25) is 10.1 Å². The summed E-state index contributed by atoms with van der Waals surface area (Å²) in [5.41, 5.74) is 0. The van der Waals surface area contributed by atoms with Gasteiger partial charge in [-0.1, -0.05) is 48.1 Å². The first-order valence-corrected chi connectivity index (χ1v) is 8.01. The Morgan fingerprint density at radius 1 is 1.30 bits per heavy atom. The Morgan fingerprint density at radius 3 is 2.80 bits per heavy atom. The molecule has 1 amide bonds. The van der Waals surface area contributed by atoms with Crippen LogP contribution in [0.25, 0.3) is 10.1 Å². The molecular weight excluding hydrogens is 314 g/mol. The zero-order chi connectivity index (χ0) is 14.1. The summed E-state index contributed by atoms with van der Waals surface area (Å²) in [5, 5.41) is 13.4. The van der Waals surface area contributed by atoms with E-state index in [0.29, 0.717) is 15.0 Å². The average Bonchev–Trinajstić information content (AvgIpc) is 3.04. The number of aryl methyl sites for hydroxylation is 1. The molecule has 1 aromatic carbocycles. The second-order valence-electron chi connectivity index (χ2n) is 4.05. The number of hydrogen-bond donors (Lipinski definition) is 1. The number of rotatable bonds is 3. The quantitative estimate of drug-likeness (QED) is 0.785. The van der Waals surface area contributed by atoms with Crippen LogP contribution in [-0.4, -0.2) is 16.1 Å². The predicted octanol–water partition coefficient (Wildman–Crippen LogP) is 4.22. The summed E-state index contributed by atoms with van der Waals surface area (Å²) in [6.07, 6.45) is 0.803. The largest absolute Gasteiger partial charge is 0.296 e. The van der Waals surface area contributed by atoms with Crippen LogP contribution in [0.1, 0.15) is 21.6 Å². The fourth-order valence-corrected chi connectivity index (χ4v) is 3.85. The number of amides is 1. The van der Waals surface area contributed by atoms with Crippen LogP contribution in [0, 0.1) is 0 Å². The molecule has 0 fully saturated rings. The van der Waals surface area contributed by atoms with Crippen molar-refractivity contribution in [2.75, 3.05) is 5.32 Å². The van der Waals surface area contributed by atoms with E-state index in [1.807, 2.05) is 31.2 Å². The highest BCUT2D eigenvalue weighted by atomic mass is 35.5. The molecule has 1 N–H and O–H groups in total. The van der Waals surface area contributed by atoms with E-state index in [4.69, 9.17) is 11.6 Å². The SMILES string of the molecule is CCc1nnc(NC(=O)c2sc3ccccc3c2Cl)s1. The third kappa shape index (κ3) is 2.42. The van der Waals surface area contributed by atoms with E-state index >= 15 is 0 Å². The number of halogens is 1. The first kappa shape index (κ1) is 13.5. The summed E-state index contributed by atoms with van der Waals surface area (Å²) in [5.74, 6) is -0.241. The van der Waals surface area contributed by atoms with Gasteiger partial charge in [0.1, 0.15) is 9.88 Å². The van der Waals surface area contributed by atoms with Gasteiger partial charge in [0.15, 0.2) is 0 Å². The van der Waals surface area contributed by atoms with Crippen LogP contribution >= 0.6 is 34.3 Å². The van der Waals surface area contributed by atoms with Gasteiger partial charge >= 0.3 is 0 Å². The Labute approximate surface area is 128 Å². The molecule has 2 aromatic heterocycles. The zero-order valence-electron chi connectivity index (χ0n) is 10.5. The molecule has 0 aliphatic rings. The third-order valence-corrected chi connectivity index (χ3v) is 5.39. The molecule has 0 atom stereocenters. The van der Waals surface area contributed by atoms with E-state index < -0.39 is 0 Å². The van der Waals surface area contributed by atoms with Crippen molar-refractivity contribution in [1.82, 2.24) is 10.2 Å². The van der Waals surface area contributed by atoms with Crippen molar-refractivity contribution in [3.8, 4) is 0 Å². The fraction of sp³-hybridized carbons (Fsp3) is 0.154. The Balaban J connectivity index is 1.90. The minimum Gasteiger partial charge on any atom is -0.296 e. The van der Waals surface area contributed by atoms with Gasteiger partial charge < -0.3 is 0 Å². The van der Waals surface area contributed by atoms with E-state index in [1.54, 1.807) is 0 Å². The van der Waals surface area contributed by atoms with Crippen LogP contribution < -0.4 is 5.32 Å². The summed E-state index contributed by atoms with van der Waals surface area (Å²) in [6, 6.07) is 7.68. The minimum atomic E-state index is -0.241. The van der Waals surface area contributed by atoms with E-state index in [1.165, 1.54) is 22.7 Å². The Morgan fingerprint density at radius 2 is 2.10 bits per heavy atom. The number of benzene rings is 1. The van der Waals surface area contributed by atoms with Gasteiger partial charge in [-0.05, 0) is 12.5 Å². The Hall–Kier alpha value is -1.50. The van der Waals surface area contributed by atoms with Gasteiger partial charge in [0.25, 0.3) is 5.91 Å². The Kier molecular flexibility index (Phi) is 3.69. The number of fused-ring (bicyclic) bond motifs is 1. The lowest BCUT2D eigenvalue weighted by atomic mass is 10.2. The van der Waals surface area contributed by atoms with Crippen molar-refractivity contribution >= 4 is 55.4 Å². The van der Waals surface area contributed by atoms with Crippen molar-refractivity contribution in [3.05, 3.63) is 39.2 Å². The van der Waals surface area contributed by atoms with Crippen molar-refractivity contribution in [1.29, 1.82) is 0 Å². The fourth-order valence-electron chi connectivity index (χ4n) is 1.76. The van der Waals surface area contributed by atoms with Crippen LogP contribution in [0.2, 0.25) is 5.02 Å². The molecule has 0 radical (unpaired) electrons. The highest BCUT2D eigenvalue weighted by Gasteiger charge is 2.18. The molecule has 3 rings (SSSR count). The van der Waals surface area contributed by atoms with Gasteiger partial charge in [-0.25, -0.2) is 0 Å². The monoisotopic (exact) mass is 323 g/mol. The van der Waals surface area contributed by atoms with Crippen LogP contribution in [-0.2, 0) is 6.42 Å². The lowest BCUT2D eigenvalue weighted by Gasteiger charge is -1.98. The molecule has 3 aromatic rings. The number of aromatic nitrogens is 2. The number of anilines is 1. The lowest BCUT2D eigenvalue weighted by molar-refractivity contribution is 0.103. The van der Waals surface area contributed by atoms with Gasteiger partial charge in [0.2, 0.25) is 5.13 Å². The number of nitrogens with one attached hydrogen (secondary N) is 1. The normalized spacial score (nSPS) is 10.9. The lowest BCUT2D eigenvalue weighted by Crippen LogP contribution is -2.10. The Bertz CT molecular complexity index is 781. The molecule has 0 aliphatic heterocycles. The van der Waals surface area contributed by atoms with E-state index in [9.17, 15) is 4.79 Å². The highest BCUT2D eigenvalue weighted by Crippen LogP contribution is 2.35. The summed E-state index contributed by atoms with van der Waals surface area (Å²) < 4.78 is 0.995. The van der Waals surface area contributed by atoms with Crippen molar-refractivity contribution < 1.29 is 4.79 Å². The van der Waals surface area contributed by atoms with Crippen LogP contribution in [0.3, 0.4) is 0 Å². The molecule has 20 heavy (non-hydrogen) atoms. The van der Waals surface area contributed by atoms with Crippen LogP contribution in [0.5, 0.6) is 0 Å². The minimum absolute atomic E-state index is 0.241. The molecule has 2 heterocycles. The zero-order valence-corrected chi connectivity index (χ0v) is 12.9. The average molecular weight is 324 g/mol. The number of nitrogens with zero attached hydrogens (tertiary/aromatic N) is 2. The molecule has 0 bridgehead atoms. The highest BCUT2D eigenvalue weighted by molar-refractivity contribution is 7.22. The van der Waals surface area contributed by atoms with E-state index in [0.717, 1.165) is 21.5 Å². The van der Waals surface area contributed by atoms with E-state index in [2.05, 4.69) is 15.5 Å². The summed E-state index contributed by atoms with van der Waals surface area (Å²) in [4.78, 5) is 12.8. The van der Waals surface area contributed by atoms with Gasteiger partial charge in [-0.15, -0.1) is 21.5 Å². The molecule has 0 unspecified atom stereocenters. The second kappa shape index (κ2) is 5.47. The number of carbonyl (C=O) groups is 1. The standard InChI is InChI=1S/C13H10ClN3OS2/c1-2-9-16-17-13(20-9)15-12(18)11-10(14)7-5-3-4-6-8(7)19-11/h3-6H,2H2,1H3,(H,15,17,18). The van der Waals surface area contributed by atoms with Crippen molar-refractivity contribution in [3.63, 3.8) is 0 Å². The van der Waals surface area contributed by atoms with Gasteiger partial charge in [-0.2, -0.15) is 0 Å². The number of hydrogen-bond acceptors (Lipinski definition) is 5. The summed E-state index contributed by atoms with van der Waals surface area (Å²) in [7, 11) is 0. The number of carbonyl (C=O) groups excluding carboxylic acids is 1.